The first-order valence-corrected chi connectivity index (χ1v) is 15.4. The van der Waals surface area contributed by atoms with Crippen molar-refractivity contribution in [2.24, 2.45) is 16.9 Å². The van der Waals surface area contributed by atoms with Crippen LogP contribution in [0.2, 0.25) is 0 Å². The van der Waals surface area contributed by atoms with E-state index in [0.29, 0.717) is 23.4 Å². The number of hydrazone groups is 1. The third-order valence-corrected chi connectivity index (χ3v) is 9.10. The summed E-state index contributed by atoms with van der Waals surface area (Å²) >= 11 is 0. The number of ether oxygens (including phenoxy) is 2. The van der Waals surface area contributed by atoms with E-state index in [0.717, 1.165) is 74.7 Å². The van der Waals surface area contributed by atoms with Crippen molar-refractivity contribution in [3.8, 4) is 11.5 Å². The predicted octanol–water partition coefficient (Wildman–Crippen LogP) is 4.06. The molecule has 1 fully saturated rings. The van der Waals surface area contributed by atoms with Crippen LogP contribution in [0.1, 0.15) is 48.2 Å². The van der Waals surface area contributed by atoms with Gasteiger partial charge in [-0.05, 0) is 77.2 Å². The first-order chi connectivity index (χ1) is 20.6. The summed E-state index contributed by atoms with van der Waals surface area (Å²) in [5.74, 6) is 1.29. The normalized spacial score (nSPS) is 23.1. The van der Waals surface area contributed by atoms with Gasteiger partial charge < -0.3 is 19.3 Å². The van der Waals surface area contributed by atoms with E-state index in [4.69, 9.17) is 14.6 Å². The summed E-state index contributed by atoms with van der Waals surface area (Å²) in [6.45, 7) is 9.38. The lowest BCUT2D eigenvalue weighted by Gasteiger charge is -2.37. The van der Waals surface area contributed by atoms with Crippen molar-refractivity contribution in [1.29, 1.82) is 0 Å². The van der Waals surface area contributed by atoms with Crippen LogP contribution in [0.15, 0.2) is 53.7 Å². The van der Waals surface area contributed by atoms with Crippen LogP contribution in [0.4, 0.5) is 5.69 Å². The van der Waals surface area contributed by atoms with Gasteiger partial charge in [0.25, 0.3) is 11.8 Å². The van der Waals surface area contributed by atoms with E-state index in [9.17, 15) is 9.59 Å². The van der Waals surface area contributed by atoms with Gasteiger partial charge in [0.1, 0.15) is 5.60 Å². The molecule has 6 rings (SSSR count). The number of piperazine rings is 1. The number of fused-ring (bicyclic) bond motifs is 2. The zero-order valence-corrected chi connectivity index (χ0v) is 26.0. The van der Waals surface area contributed by atoms with Crippen molar-refractivity contribution in [3.05, 3.63) is 65.2 Å². The van der Waals surface area contributed by atoms with Gasteiger partial charge in [0.2, 0.25) is 0 Å². The third-order valence-electron chi connectivity index (χ3n) is 9.10. The first kappa shape index (κ1) is 29.4. The molecule has 4 aliphatic rings. The molecule has 2 atom stereocenters. The zero-order chi connectivity index (χ0) is 30.3. The number of allylic oxidation sites excluding steroid dienone is 2. The Kier molecular flexibility index (Phi) is 8.04. The second kappa shape index (κ2) is 11.8. The molecule has 0 aromatic heterocycles. The van der Waals surface area contributed by atoms with E-state index in [-0.39, 0.29) is 29.3 Å². The number of likely N-dealkylation sites (N-methyl/N-ethyl adjacent to an activating group) is 1. The summed E-state index contributed by atoms with van der Waals surface area (Å²) in [5, 5.41) is 6.58. The molecule has 1 aliphatic carbocycles. The van der Waals surface area contributed by atoms with Crippen molar-refractivity contribution < 1.29 is 19.1 Å². The molecule has 1 saturated heterocycles. The number of methoxy groups -OCH3 is 1. The minimum atomic E-state index is -0.358. The molecular formula is C34H43N5O4. The molecule has 0 bridgehead atoms. The predicted molar refractivity (Wildman–Crippen MR) is 168 cm³/mol. The molecule has 2 aromatic rings. The third kappa shape index (κ3) is 5.80. The average Bonchev–Trinajstić information content (AvgIpc) is 3.35. The van der Waals surface area contributed by atoms with E-state index < -0.39 is 0 Å². The molecule has 2 amide bonds. The minimum Gasteiger partial charge on any atom is -0.493 e. The molecule has 2 aromatic carbocycles. The Bertz CT molecular complexity index is 1440. The summed E-state index contributed by atoms with van der Waals surface area (Å²) in [6, 6.07) is 11.4. The van der Waals surface area contributed by atoms with Gasteiger partial charge in [0, 0.05) is 68.3 Å². The Morgan fingerprint density at radius 2 is 1.72 bits per heavy atom. The quantitative estimate of drug-likeness (QED) is 0.456. The second-order valence-electron chi connectivity index (χ2n) is 12.9. The number of benzene rings is 2. The lowest BCUT2D eigenvalue weighted by atomic mass is 9.75. The van der Waals surface area contributed by atoms with Crippen LogP contribution >= 0.6 is 0 Å². The Hall–Kier alpha value is -3.69. The van der Waals surface area contributed by atoms with Gasteiger partial charge in [-0.3, -0.25) is 14.5 Å². The number of nitrogens with zero attached hydrogens (tertiary/aromatic N) is 5. The van der Waals surface area contributed by atoms with Crippen LogP contribution in [0.5, 0.6) is 11.5 Å². The number of rotatable bonds is 7. The lowest BCUT2D eigenvalue weighted by molar-refractivity contribution is -0.123. The molecule has 0 spiro atoms. The van der Waals surface area contributed by atoms with Gasteiger partial charge in [0.05, 0.1) is 24.4 Å². The topological polar surface area (TPSA) is 77.9 Å². The highest BCUT2D eigenvalue weighted by Gasteiger charge is 2.43. The van der Waals surface area contributed by atoms with Gasteiger partial charge in [-0.15, -0.1) is 0 Å². The highest BCUT2D eigenvalue weighted by molar-refractivity contribution is 6.12. The lowest BCUT2D eigenvalue weighted by Crippen LogP contribution is -2.50. The number of hydrogen-bond donors (Lipinski definition) is 0. The second-order valence-corrected chi connectivity index (χ2v) is 12.9. The summed E-state index contributed by atoms with van der Waals surface area (Å²) in [4.78, 5) is 33.7. The van der Waals surface area contributed by atoms with Crippen LogP contribution in [0.25, 0.3) is 0 Å². The first-order valence-electron chi connectivity index (χ1n) is 15.4. The number of carbonyl (C=O) groups is 2. The summed E-state index contributed by atoms with van der Waals surface area (Å²) < 4.78 is 11.9. The summed E-state index contributed by atoms with van der Waals surface area (Å²) in [6.07, 6.45) is 6.44. The van der Waals surface area contributed by atoms with Gasteiger partial charge in [-0.1, -0.05) is 12.2 Å². The number of carbonyl (C=O) groups excluding carboxylic acids is 2. The maximum absolute atomic E-state index is 13.8. The Morgan fingerprint density at radius 3 is 2.40 bits per heavy atom. The van der Waals surface area contributed by atoms with E-state index in [1.54, 1.807) is 12.1 Å². The number of anilines is 1. The smallest absolute Gasteiger partial charge is 0.253 e. The standard InChI is InChI=1S/C34H43N5O4/c1-34(2)22-28-26(14-15-29(42-5)31(28)43-34)30-25-8-6-7-9-27(25)33(41)39(35-30)24-12-10-23(11-13-24)32(40)38-20-18-37(19-21-38)17-16-36(3)4/h6-7,10-15,25,27H,8-9,16-22H2,1-5H3/t25-,27+/m0/s1. The Balaban J connectivity index is 1.26. The van der Waals surface area contributed by atoms with E-state index in [1.807, 2.05) is 35.2 Å². The summed E-state index contributed by atoms with van der Waals surface area (Å²) in [7, 11) is 5.82. The molecule has 0 N–H and O–H groups in total. The molecule has 3 heterocycles. The van der Waals surface area contributed by atoms with Crippen molar-refractivity contribution in [1.82, 2.24) is 14.7 Å². The van der Waals surface area contributed by atoms with Gasteiger partial charge in [-0.2, -0.15) is 5.10 Å². The van der Waals surface area contributed by atoms with Gasteiger partial charge in [0.15, 0.2) is 11.5 Å². The summed E-state index contributed by atoms with van der Waals surface area (Å²) in [5.41, 5.74) is 3.94. The molecule has 0 saturated carbocycles. The fraction of sp³-hybridized carbons (Fsp3) is 0.500. The molecule has 9 nitrogen and oxygen atoms in total. The van der Waals surface area contributed by atoms with Crippen molar-refractivity contribution in [2.45, 2.75) is 38.7 Å². The van der Waals surface area contributed by atoms with Crippen LogP contribution in [0.3, 0.4) is 0 Å². The van der Waals surface area contributed by atoms with E-state index in [2.05, 4.69) is 56.0 Å². The fourth-order valence-corrected chi connectivity index (χ4v) is 6.69. The minimum absolute atomic E-state index is 0.00670. The molecule has 0 unspecified atom stereocenters. The molecule has 9 heteroatoms. The molecule has 3 aliphatic heterocycles. The highest BCUT2D eigenvalue weighted by atomic mass is 16.5. The monoisotopic (exact) mass is 585 g/mol. The largest absolute Gasteiger partial charge is 0.493 e. The highest BCUT2D eigenvalue weighted by Crippen LogP contribution is 2.46. The molecular weight excluding hydrogens is 542 g/mol. The SMILES string of the molecule is COc1ccc(C2=NN(c3ccc(C(=O)N4CCN(CCN(C)C)CC4)cc3)C(=O)[C@@H]3CC=CC[C@H]23)c2c1OC(C)(C)C2. The van der Waals surface area contributed by atoms with Crippen molar-refractivity contribution >= 4 is 23.2 Å². The van der Waals surface area contributed by atoms with Gasteiger partial charge >= 0.3 is 0 Å². The maximum Gasteiger partial charge on any atom is 0.253 e. The van der Waals surface area contributed by atoms with Crippen LogP contribution in [0, 0.1) is 11.8 Å². The molecule has 0 radical (unpaired) electrons. The van der Waals surface area contributed by atoms with Crippen LogP contribution < -0.4 is 14.5 Å². The van der Waals surface area contributed by atoms with Crippen LogP contribution in [-0.4, -0.2) is 98.3 Å². The molecule has 43 heavy (non-hydrogen) atoms. The maximum atomic E-state index is 13.8. The van der Waals surface area contributed by atoms with Crippen molar-refractivity contribution in [2.75, 3.05) is 65.5 Å². The van der Waals surface area contributed by atoms with E-state index >= 15 is 0 Å². The Labute approximate surface area is 254 Å². The van der Waals surface area contributed by atoms with Crippen molar-refractivity contribution in [3.63, 3.8) is 0 Å². The average molecular weight is 586 g/mol. The van der Waals surface area contributed by atoms with Gasteiger partial charge in [-0.25, -0.2) is 5.01 Å². The fourth-order valence-electron chi connectivity index (χ4n) is 6.69. The Morgan fingerprint density at radius 1 is 1.02 bits per heavy atom. The molecule has 228 valence electrons. The van der Waals surface area contributed by atoms with E-state index in [1.165, 1.54) is 0 Å². The van der Waals surface area contributed by atoms with Crippen LogP contribution in [-0.2, 0) is 11.2 Å². The number of hydrogen-bond acceptors (Lipinski definition) is 7. The number of amides is 2. The zero-order valence-electron chi connectivity index (χ0n) is 26.0.